The Morgan fingerprint density at radius 1 is 1.00 bits per heavy atom. The zero-order chi connectivity index (χ0) is 35.5. The van der Waals surface area contributed by atoms with Gasteiger partial charge in [-0.2, -0.15) is 0 Å². The number of carbonyl (C=O) groups excluding carboxylic acids is 1. The largest absolute Gasteiger partial charge is 0.497 e. The third kappa shape index (κ3) is 7.72. The Morgan fingerprint density at radius 2 is 1.60 bits per heavy atom. The maximum Gasteiger partial charge on any atom is 0.413 e. The molecule has 2 aromatic rings. The molecule has 2 fully saturated rings. The lowest BCUT2D eigenvalue weighted by atomic mass is 9.62. The highest BCUT2D eigenvalue weighted by Gasteiger charge is 2.66. The van der Waals surface area contributed by atoms with Gasteiger partial charge in [-0.1, -0.05) is 90.1 Å². The number of aliphatic hydroxyl groups is 1. The molecule has 0 radical (unpaired) electrons. The minimum absolute atomic E-state index is 0.134. The fraction of sp³-hybridized carbons (Fsp3) is 0.625. The Hall–Kier alpha value is -2.65. The zero-order valence-corrected chi connectivity index (χ0v) is 32.1. The van der Waals surface area contributed by atoms with E-state index >= 15 is 0 Å². The number of hydrogen-bond donors (Lipinski definition) is 1. The molecule has 0 spiro atoms. The average Bonchev–Trinajstić information content (AvgIpc) is 3.00. The highest BCUT2D eigenvalue weighted by molar-refractivity contribution is 6.77. The summed E-state index contributed by atoms with van der Waals surface area (Å²) in [7, 11) is -0.673. The molecule has 1 saturated carbocycles. The normalized spacial score (nSPS) is 26.2. The molecule has 8 heteroatoms. The van der Waals surface area contributed by atoms with E-state index in [-0.39, 0.29) is 25.0 Å². The van der Waals surface area contributed by atoms with Crippen molar-refractivity contribution in [3.05, 3.63) is 78.4 Å². The standard InChI is InChI=1S/C40H61NO6Si/c1-12-23-39-24-22-35(47-48(28(2)3,29(4)5)30(6)7)34(26-39)36(45-27-32-16-14-13-15-17-32)40(43,41(39)37(42)46-38(8,9)10)25-31-18-20-33(44-11)21-19-31/h12-21,28-30,34-36,43H,1,22-27H2,2-11H3/t34-,35-,36+,39-,40?/m0/s1. The van der Waals surface area contributed by atoms with Gasteiger partial charge >= 0.3 is 6.09 Å². The SMILES string of the molecule is C=CC[C@]12CC[C@H](O[Si](C(C)C)(C(C)C)C(C)C)[C@H](C1)[C@@H](OCc1ccccc1)C(O)(Cc1ccc(OC)cc1)N2C(=O)OC(C)(C)C. The van der Waals surface area contributed by atoms with Crippen molar-refractivity contribution in [2.24, 2.45) is 5.92 Å². The minimum atomic E-state index is -2.31. The first-order chi connectivity index (χ1) is 22.5. The van der Waals surface area contributed by atoms with Gasteiger partial charge in [0.2, 0.25) is 8.32 Å². The fourth-order valence-electron chi connectivity index (χ4n) is 8.95. The van der Waals surface area contributed by atoms with Gasteiger partial charge in [-0.15, -0.1) is 6.58 Å². The molecule has 2 aromatic carbocycles. The highest BCUT2D eigenvalue weighted by atomic mass is 28.4. The van der Waals surface area contributed by atoms with Gasteiger partial charge in [-0.25, -0.2) is 4.79 Å². The molecular weight excluding hydrogens is 619 g/mol. The summed E-state index contributed by atoms with van der Waals surface area (Å²) in [6, 6.07) is 17.7. The molecule has 5 atom stereocenters. The molecule has 48 heavy (non-hydrogen) atoms. The van der Waals surface area contributed by atoms with E-state index in [4.69, 9.17) is 18.6 Å². The minimum Gasteiger partial charge on any atom is -0.497 e. The molecule has 2 aliphatic rings. The smallest absolute Gasteiger partial charge is 0.413 e. The van der Waals surface area contributed by atoms with Gasteiger partial charge in [0.25, 0.3) is 0 Å². The third-order valence-electron chi connectivity index (χ3n) is 10.8. The molecule has 266 valence electrons. The Bertz CT molecular complexity index is 1330. The van der Waals surface area contributed by atoms with Crippen LogP contribution < -0.4 is 4.74 Å². The second-order valence-electron chi connectivity index (χ2n) is 16.0. The Labute approximate surface area is 291 Å². The lowest BCUT2D eigenvalue weighted by Crippen LogP contribution is -2.77. The van der Waals surface area contributed by atoms with E-state index in [1.54, 1.807) is 12.0 Å². The summed E-state index contributed by atoms with van der Waals surface area (Å²) in [4.78, 5) is 16.2. The number of rotatable bonds is 13. The molecule has 0 aromatic heterocycles. The molecule has 1 aliphatic heterocycles. The number of likely N-dealkylation sites (tertiary alicyclic amines) is 1. The summed E-state index contributed by atoms with van der Waals surface area (Å²) in [6.07, 6.45) is 3.15. The van der Waals surface area contributed by atoms with E-state index in [1.807, 2.05) is 81.4 Å². The van der Waals surface area contributed by atoms with Crippen LogP contribution >= 0.6 is 0 Å². The van der Waals surface area contributed by atoms with Crippen LogP contribution in [0.1, 0.15) is 99.1 Å². The second-order valence-corrected chi connectivity index (χ2v) is 21.4. The van der Waals surface area contributed by atoms with Gasteiger partial charge in [0.1, 0.15) is 17.5 Å². The van der Waals surface area contributed by atoms with Crippen LogP contribution in [-0.4, -0.2) is 60.6 Å². The Balaban J connectivity index is 1.92. The molecular formula is C40H61NO6Si. The van der Waals surface area contributed by atoms with Crippen LogP contribution in [-0.2, 0) is 26.9 Å². The van der Waals surface area contributed by atoms with Crippen LogP contribution in [0, 0.1) is 5.92 Å². The topological polar surface area (TPSA) is 77.5 Å². The number of nitrogens with zero attached hydrogens (tertiary/aromatic N) is 1. The van der Waals surface area contributed by atoms with Crippen molar-refractivity contribution in [2.45, 2.75) is 147 Å². The number of methoxy groups -OCH3 is 1. The first kappa shape index (κ1) is 38.2. The van der Waals surface area contributed by atoms with Crippen LogP contribution in [0.4, 0.5) is 4.79 Å². The summed E-state index contributed by atoms with van der Waals surface area (Å²) >= 11 is 0. The monoisotopic (exact) mass is 679 g/mol. The maximum atomic E-state index is 14.5. The molecule has 1 heterocycles. The number of benzene rings is 2. The summed E-state index contributed by atoms with van der Waals surface area (Å²) in [5, 5.41) is 13.4. The number of piperidine rings is 1. The first-order valence-corrected chi connectivity index (χ1v) is 20.0. The van der Waals surface area contributed by atoms with E-state index in [0.717, 1.165) is 23.3 Å². The van der Waals surface area contributed by atoms with Crippen LogP contribution in [0.2, 0.25) is 16.6 Å². The second kappa shape index (κ2) is 15.1. The maximum absolute atomic E-state index is 14.5. The van der Waals surface area contributed by atoms with Crippen LogP contribution in [0.15, 0.2) is 67.3 Å². The number of carbonyl (C=O) groups is 1. The molecule has 2 bridgehead atoms. The first-order valence-electron chi connectivity index (χ1n) is 17.9. The predicted octanol–water partition coefficient (Wildman–Crippen LogP) is 9.44. The lowest BCUT2D eigenvalue weighted by Gasteiger charge is -2.64. The third-order valence-corrected chi connectivity index (χ3v) is 16.9. The molecule has 1 saturated heterocycles. The summed E-state index contributed by atoms with van der Waals surface area (Å²) in [5.74, 6) is 0.550. The summed E-state index contributed by atoms with van der Waals surface area (Å²) in [5.41, 5.74) is -0.163. The fourth-order valence-corrected chi connectivity index (χ4v) is 14.6. The van der Waals surface area contributed by atoms with E-state index in [2.05, 4.69) is 48.1 Å². The summed E-state index contributed by atoms with van der Waals surface area (Å²) in [6.45, 7) is 23.9. The molecule has 7 nitrogen and oxygen atoms in total. The average molecular weight is 680 g/mol. The van der Waals surface area contributed by atoms with E-state index in [0.29, 0.717) is 35.9 Å². The number of ether oxygens (including phenoxy) is 3. The number of hydrogen-bond acceptors (Lipinski definition) is 6. The van der Waals surface area contributed by atoms with Crippen LogP contribution in [0.5, 0.6) is 5.75 Å². The van der Waals surface area contributed by atoms with Crippen molar-refractivity contribution in [3.63, 3.8) is 0 Å². The molecule has 1 amide bonds. The van der Waals surface area contributed by atoms with Crippen molar-refractivity contribution in [1.29, 1.82) is 0 Å². The molecule has 1 unspecified atom stereocenters. The molecule has 1 N–H and O–H groups in total. The van der Waals surface area contributed by atoms with Crippen molar-refractivity contribution in [1.82, 2.24) is 4.90 Å². The van der Waals surface area contributed by atoms with Gasteiger partial charge in [0, 0.05) is 12.3 Å². The Kier molecular flexibility index (Phi) is 12.0. The number of amides is 1. The Morgan fingerprint density at radius 3 is 2.12 bits per heavy atom. The van der Waals surface area contributed by atoms with Crippen LogP contribution in [0.3, 0.4) is 0 Å². The van der Waals surface area contributed by atoms with Crippen molar-refractivity contribution in [3.8, 4) is 5.75 Å². The zero-order valence-electron chi connectivity index (χ0n) is 31.1. The van der Waals surface area contributed by atoms with Gasteiger partial charge in [-0.3, -0.25) is 4.90 Å². The van der Waals surface area contributed by atoms with Crippen molar-refractivity contribution in [2.75, 3.05) is 7.11 Å². The van der Waals surface area contributed by atoms with E-state index in [1.165, 1.54) is 0 Å². The summed E-state index contributed by atoms with van der Waals surface area (Å²) < 4.78 is 26.1. The lowest BCUT2D eigenvalue weighted by molar-refractivity contribution is -0.283. The van der Waals surface area contributed by atoms with Gasteiger partial charge < -0.3 is 23.7 Å². The molecule has 4 rings (SSSR count). The van der Waals surface area contributed by atoms with Gasteiger partial charge in [0.15, 0.2) is 5.72 Å². The number of fused-ring (bicyclic) bond motifs is 2. The van der Waals surface area contributed by atoms with Gasteiger partial charge in [-0.05, 0) is 86.3 Å². The van der Waals surface area contributed by atoms with Gasteiger partial charge in [0.05, 0.1) is 25.4 Å². The quantitative estimate of drug-likeness (QED) is 0.168. The van der Waals surface area contributed by atoms with Crippen molar-refractivity contribution < 1.29 is 28.5 Å². The van der Waals surface area contributed by atoms with Crippen LogP contribution in [0.25, 0.3) is 0 Å². The highest BCUT2D eigenvalue weighted by Crippen LogP contribution is 2.55. The molecule has 1 aliphatic carbocycles. The van der Waals surface area contributed by atoms with E-state index in [9.17, 15) is 9.90 Å². The predicted molar refractivity (Wildman–Crippen MR) is 196 cm³/mol. The van der Waals surface area contributed by atoms with E-state index < -0.39 is 37.4 Å². The van der Waals surface area contributed by atoms with Crippen molar-refractivity contribution >= 4 is 14.4 Å².